The van der Waals surface area contributed by atoms with E-state index in [2.05, 4.69) is 6.07 Å². The molecule has 0 atom stereocenters. The minimum atomic E-state index is -2.39. The van der Waals surface area contributed by atoms with Crippen molar-refractivity contribution < 1.29 is 17.5 Å². The lowest BCUT2D eigenvalue weighted by atomic mass is 9.86. The molecule has 202 valence electrons. The van der Waals surface area contributed by atoms with Crippen LogP contribution in [0.3, 0.4) is 0 Å². The number of furan rings is 1. The number of fused-ring (bicyclic) bond motifs is 3. The highest BCUT2D eigenvalue weighted by Gasteiger charge is 2.28. The summed E-state index contributed by atoms with van der Waals surface area (Å²) in [4.78, 5) is 0. The summed E-state index contributed by atoms with van der Waals surface area (Å²) < 4.78 is 48.5. The van der Waals surface area contributed by atoms with Gasteiger partial charge in [-0.05, 0) is 59.1 Å². The third-order valence-electron chi connectivity index (χ3n) is 7.82. The van der Waals surface area contributed by atoms with Gasteiger partial charge in [0.1, 0.15) is 18.2 Å². The largest absolute Gasteiger partial charge is 0.454 e. The Morgan fingerprint density at radius 3 is 2.24 bits per heavy atom. The zero-order chi connectivity index (χ0) is 31.6. The van der Waals surface area contributed by atoms with E-state index in [4.69, 9.17) is 8.53 Å². The molecule has 0 radical (unpaired) electrons. The van der Waals surface area contributed by atoms with Crippen LogP contribution in [0.2, 0.25) is 0 Å². The first-order chi connectivity index (χ1) is 20.8. The number of hydrogen-bond donors (Lipinski definition) is 0. The summed E-state index contributed by atoms with van der Waals surface area (Å²) in [5, 5.41) is 11.8. The minimum absolute atomic E-state index is 0.197. The second kappa shape index (κ2) is 9.71. The molecule has 6 aromatic rings. The number of halogens is 1. The van der Waals surface area contributed by atoms with Gasteiger partial charge in [0, 0.05) is 32.1 Å². The van der Waals surface area contributed by atoms with E-state index in [1.54, 1.807) is 22.8 Å². The predicted molar refractivity (Wildman–Crippen MR) is 164 cm³/mol. The Bertz CT molecular complexity index is 2130. The van der Waals surface area contributed by atoms with E-state index < -0.39 is 12.3 Å². The molecule has 4 heteroatoms. The van der Waals surface area contributed by atoms with Crippen molar-refractivity contribution in [1.82, 2.24) is 0 Å². The zero-order valence-corrected chi connectivity index (χ0v) is 23.8. The number of benzene rings is 4. The van der Waals surface area contributed by atoms with Crippen molar-refractivity contribution in [2.24, 2.45) is 7.05 Å². The molecule has 0 saturated heterocycles. The van der Waals surface area contributed by atoms with Gasteiger partial charge in [0.25, 0.3) is 0 Å². The van der Waals surface area contributed by atoms with Crippen molar-refractivity contribution in [3.05, 3.63) is 113 Å². The molecule has 0 aliphatic rings. The molecular weight excluding hydrogens is 507 g/mol. The van der Waals surface area contributed by atoms with E-state index in [1.165, 1.54) is 6.20 Å². The molecule has 0 aliphatic carbocycles. The number of aryl methyl sites for hydroxylation is 3. The Balaban J connectivity index is 1.66. The Morgan fingerprint density at radius 2 is 1.56 bits per heavy atom. The average molecular weight is 543 g/mol. The smallest absolute Gasteiger partial charge is 0.216 e. The van der Waals surface area contributed by atoms with Crippen LogP contribution in [0.1, 0.15) is 47.1 Å². The van der Waals surface area contributed by atoms with Crippen LogP contribution < -0.4 is 4.57 Å². The maximum absolute atomic E-state index is 15.1. The van der Waals surface area contributed by atoms with Crippen LogP contribution in [-0.4, -0.2) is 0 Å². The van der Waals surface area contributed by atoms with Gasteiger partial charge >= 0.3 is 0 Å². The molecule has 0 aliphatic heterocycles. The summed E-state index contributed by atoms with van der Waals surface area (Å²) in [6.07, 6.45) is 1.50. The third kappa shape index (κ3) is 4.39. The van der Waals surface area contributed by atoms with Gasteiger partial charge < -0.3 is 4.42 Å². The van der Waals surface area contributed by atoms with Crippen LogP contribution in [-0.2, 0) is 12.5 Å². The van der Waals surface area contributed by atoms with Gasteiger partial charge in [-0.2, -0.15) is 9.83 Å². The first kappa shape index (κ1) is 23.0. The summed E-state index contributed by atoms with van der Waals surface area (Å²) in [6.45, 7) is 5.55. The first-order valence-corrected chi connectivity index (χ1v) is 13.6. The topological polar surface area (TPSA) is 40.8 Å². The fourth-order valence-corrected chi connectivity index (χ4v) is 5.71. The molecule has 0 saturated carbocycles. The molecular formula is C37H32FN2O+. The number of nitrogens with zero attached hydrogens (tertiary/aromatic N) is 2. The van der Waals surface area contributed by atoms with Crippen molar-refractivity contribution in [2.45, 2.75) is 40.0 Å². The molecule has 2 aromatic heterocycles. The monoisotopic (exact) mass is 542 g/mol. The van der Waals surface area contributed by atoms with Crippen LogP contribution in [0, 0.1) is 30.9 Å². The second-order valence-corrected chi connectivity index (χ2v) is 11.6. The summed E-state index contributed by atoms with van der Waals surface area (Å²) in [5.74, 6) is -0.275. The summed E-state index contributed by atoms with van der Waals surface area (Å²) >= 11 is 0. The van der Waals surface area contributed by atoms with Crippen LogP contribution in [0.25, 0.3) is 55.4 Å². The van der Waals surface area contributed by atoms with Crippen LogP contribution >= 0.6 is 0 Å². The number of rotatable bonds is 3. The number of aromatic nitrogens is 1. The molecule has 41 heavy (non-hydrogen) atoms. The molecule has 3 nitrogen and oxygen atoms in total. The SMILES string of the molecule is [2H]C([2H])([2H])c1cc(-c2c(C#N)ccc3c2oc2c(-c4cc(C(C)(C)C)c(F)c[n+]4C)c(C)ccc23)ccc1-c1ccccc1. The summed E-state index contributed by atoms with van der Waals surface area (Å²) in [6, 6.07) is 26.5. The maximum Gasteiger partial charge on any atom is 0.216 e. The highest BCUT2D eigenvalue weighted by atomic mass is 19.1. The first-order valence-electron chi connectivity index (χ1n) is 15.1. The minimum Gasteiger partial charge on any atom is -0.454 e. The molecule has 0 fully saturated rings. The lowest BCUT2D eigenvalue weighted by Crippen LogP contribution is -2.33. The van der Waals surface area contributed by atoms with E-state index >= 15 is 4.39 Å². The Hall–Kier alpha value is -4.75. The van der Waals surface area contributed by atoms with Gasteiger partial charge in [0.05, 0.1) is 17.2 Å². The van der Waals surface area contributed by atoms with Crippen molar-refractivity contribution in [3.8, 4) is 39.6 Å². The van der Waals surface area contributed by atoms with Gasteiger partial charge in [-0.3, -0.25) is 0 Å². The van der Waals surface area contributed by atoms with Crippen molar-refractivity contribution in [1.29, 1.82) is 5.26 Å². The Morgan fingerprint density at radius 1 is 0.854 bits per heavy atom. The van der Waals surface area contributed by atoms with Gasteiger partial charge in [0.2, 0.25) is 11.9 Å². The molecule has 4 aromatic carbocycles. The van der Waals surface area contributed by atoms with E-state index in [0.29, 0.717) is 39.0 Å². The molecule has 0 bridgehead atoms. The standard InChI is InChI=1S/C37H32FN2O/c1-22-12-15-28-29-17-14-26(20-39)34(25-13-16-27(23(2)18-25)24-10-8-7-9-11-24)36(29)41-35(28)33(22)32-19-30(37(3,4)5)31(38)21-40(32)6/h7-19,21H,1-6H3/q+1/i2D3. The van der Waals surface area contributed by atoms with Crippen LogP contribution in [0.4, 0.5) is 4.39 Å². The molecule has 0 unspecified atom stereocenters. The van der Waals surface area contributed by atoms with E-state index in [-0.39, 0.29) is 11.4 Å². The highest BCUT2D eigenvalue weighted by molar-refractivity contribution is 6.14. The fourth-order valence-electron chi connectivity index (χ4n) is 5.71. The molecule has 2 heterocycles. The van der Waals surface area contributed by atoms with Gasteiger partial charge in [-0.25, -0.2) is 4.39 Å². The van der Waals surface area contributed by atoms with Crippen molar-refractivity contribution >= 4 is 21.9 Å². The average Bonchev–Trinajstić information content (AvgIpc) is 3.34. The Kier molecular flexibility index (Phi) is 5.45. The lowest BCUT2D eigenvalue weighted by Gasteiger charge is -2.19. The summed E-state index contributed by atoms with van der Waals surface area (Å²) in [5.41, 5.74) is 7.00. The normalized spacial score (nSPS) is 13.1. The predicted octanol–water partition coefficient (Wildman–Crippen LogP) is 9.34. The number of pyridine rings is 1. The lowest BCUT2D eigenvalue weighted by molar-refractivity contribution is -0.662. The fraction of sp³-hybridized carbons (Fsp3) is 0.189. The maximum atomic E-state index is 15.1. The highest BCUT2D eigenvalue weighted by Crippen LogP contribution is 2.43. The van der Waals surface area contributed by atoms with Gasteiger partial charge in [-0.1, -0.05) is 81.4 Å². The van der Waals surface area contributed by atoms with E-state index in [1.807, 2.05) is 95.4 Å². The zero-order valence-electron chi connectivity index (χ0n) is 26.8. The molecule has 0 N–H and O–H groups in total. The van der Waals surface area contributed by atoms with E-state index in [0.717, 1.165) is 33.2 Å². The molecule has 0 amide bonds. The van der Waals surface area contributed by atoms with E-state index in [9.17, 15) is 5.26 Å². The third-order valence-corrected chi connectivity index (χ3v) is 7.82. The van der Waals surface area contributed by atoms with Gasteiger partial charge in [0.15, 0.2) is 5.82 Å². The quantitative estimate of drug-likeness (QED) is 0.209. The van der Waals surface area contributed by atoms with Gasteiger partial charge in [-0.15, -0.1) is 0 Å². The van der Waals surface area contributed by atoms with Crippen LogP contribution in [0.5, 0.6) is 0 Å². The number of nitriles is 1. The number of hydrogen-bond acceptors (Lipinski definition) is 2. The second-order valence-electron chi connectivity index (χ2n) is 11.6. The molecule has 0 spiro atoms. The molecule has 6 rings (SSSR count). The van der Waals surface area contributed by atoms with Crippen molar-refractivity contribution in [3.63, 3.8) is 0 Å². The Labute approximate surface area is 244 Å². The van der Waals surface area contributed by atoms with Crippen LogP contribution in [0.15, 0.2) is 89.5 Å². The summed E-state index contributed by atoms with van der Waals surface area (Å²) in [7, 11) is 1.82. The van der Waals surface area contributed by atoms with Crippen molar-refractivity contribution in [2.75, 3.05) is 0 Å².